The maximum atomic E-state index is 14.7. The number of carboxylic acid groups (broad SMARTS) is 1. The molecule has 1 atom stereocenters. The van der Waals surface area contributed by atoms with Crippen molar-refractivity contribution in [3.05, 3.63) is 28.0 Å². The highest BCUT2D eigenvalue weighted by Gasteiger charge is 2.45. The maximum absolute atomic E-state index is 14.7. The van der Waals surface area contributed by atoms with Gasteiger partial charge in [-0.15, -0.1) is 0 Å². The van der Waals surface area contributed by atoms with Crippen LogP contribution in [0.25, 0.3) is 10.9 Å². The molecule has 0 aliphatic carbocycles. The Bertz CT molecular complexity index is 1280. The molecule has 9 nitrogen and oxygen atoms in total. The third-order valence-electron chi connectivity index (χ3n) is 7.74. The molecule has 1 aromatic carbocycles. The van der Waals surface area contributed by atoms with Crippen LogP contribution in [0.5, 0.6) is 5.88 Å². The molecule has 188 valence electrons. The number of piperazine rings is 1. The van der Waals surface area contributed by atoms with E-state index < -0.39 is 18.0 Å². The van der Waals surface area contributed by atoms with Crippen LogP contribution in [0.2, 0.25) is 0 Å². The fourth-order valence-corrected chi connectivity index (χ4v) is 6.34. The van der Waals surface area contributed by atoms with E-state index in [1.165, 1.54) is 11.0 Å². The van der Waals surface area contributed by atoms with E-state index in [9.17, 15) is 24.8 Å². The molecular formula is C25H26BrFN6O3. The molecule has 4 heterocycles. The van der Waals surface area contributed by atoms with Crippen LogP contribution >= 0.6 is 15.9 Å². The second-order valence-electron chi connectivity index (χ2n) is 9.68. The van der Waals surface area contributed by atoms with Crippen molar-refractivity contribution in [3.63, 3.8) is 0 Å². The van der Waals surface area contributed by atoms with Gasteiger partial charge in [-0.1, -0.05) is 0 Å². The van der Waals surface area contributed by atoms with Gasteiger partial charge in [-0.3, -0.25) is 4.90 Å². The molecule has 36 heavy (non-hydrogen) atoms. The van der Waals surface area contributed by atoms with Gasteiger partial charge in [0, 0.05) is 25.0 Å². The molecular weight excluding hydrogens is 531 g/mol. The van der Waals surface area contributed by atoms with Crippen molar-refractivity contribution < 1.29 is 19.0 Å². The number of anilines is 1. The van der Waals surface area contributed by atoms with Crippen molar-refractivity contribution in [3.8, 4) is 18.0 Å². The van der Waals surface area contributed by atoms with Crippen LogP contribution in [0.4, 0.5) is 14.9 Å². The lowest BCUT2D eigenvalue weighted by atomic mass is 9.95. The summed E-state index contributed by atoms with van der Waals surface area (Å²) in [5.74, 6) is -0.295. The lowest BCUT2D eigenvalue weighted by Gasteiger charge is -2.41. The van der Waals surface area contributed by atoms with Gasteiger partial charge in [0.15, 0.2) is 0 Å². The minimum atomic E-state index is -1.09. The van der Waals surface area contributed by atoms with E-state index in [2.05, 4.69) is 38.0 Å². The molecule has 0 radical (unpaired) electrons. The van der Waals surface area contributed by atoms with E-state index in [1.807, 2.05) is 4.90 Å². The van der Waals surface area contributed by atoms with Crippen molar-refractivity contribution in [2.45, 2.75) is 43.7 Å². The number of carbonyl (C=O) groups is 1. The Morgan fingerprint density at radius 3 is 2.67 bits per heavy atom. The normalized spacial score (nSPS) is 21.3. The van der Waals surface area contributed by atoms with Gasteiger partial charge in [0.05, 0.1) is 39.7 Å². The molecule has 5 rings (SSSR count). The first kappa shape index (κ1) is 24.5. The Morgan fingerprint density at radius 2 is 2.00 bits per heavy atom. The maximum Gasteiger partial charge on any atom is 0.407 e. The summed E-state index contributed by atoms with van der Waals surface area (Å²) in [6, 6.07) is 6.61. The first-order chi connectivity index (χ1) is 17.4. The number of hydrogen-bond donors (Lipinski definition) is 1. The first-order valence-corrected chi connectivity index (χ1v) is 12.9. The molecule has 3 saturated heterocycles. The number of halogens is 2. The Hall–Kier alpha value is -3.15. The summed E-state index contributed by atoms with van der Waals surface area (Å²) in [6.45, 7) is 3.16. The Balaban J connectivity index is 1.57. The fourth-order valence-electron chi connectivity index (χ4n) is 6.01. The smallest absolute Gasteiger partial charge is 0.407 e. The third-order valence-corrected chi connectivity index (χ3v) is 8.35. The highest BCUT2D eigenvalue weighted by atomic mass is 79.9. The number of nitrogens with zero attached hydrogens (tertiary/aromatic N) is 6. The average molecular weight is 557 g/mol. The Kier molecular flexibility index (Phi) is 6.62. The molecule has 2 aromatic rings. The predicted molar refractivity (Wildman–Crippen MR) is 133 cm³/mol. The second-order valence-corrected chi connectivity index (χ2v) is 10.5. The van der Waals surface area contributed by atoms with Crippen molar-refractivity contribution in [1.82, 2.24) is 14.8 Å². The molecule has 1 aromatic heterocycles. The molecule has 0 unspecified atom stereocenters. The number of fused-ring (bicyclic) bond motifs is 2. The topological polar surface area (TPSA) is 117 Å². The highest BCUT2D eigenvalue weighted by Crippen LogP contribution is 2.41. The lowest BCUT2D eigenvalue weighted by molar-refractivity contribution is 0.110. The minimum absolute atomic E-state index is 0.00925. The van der Waals surface area contributed by atoms with Gasteiger partial charge in [0.25, 0.3) is 0 Å². The van der Waals surface area contributed by atoms with Gasteiger partial charge in [0.1, 0.15) is 24.1 Å². The standard InChI is InChI=1S/C25H26BrFN6O3/c26-19-12-21-17(11-20(19)27)22(31-9-10-33(24(34)35)16(14-31)3-6-28)18(13-29)23(30-21)36-15-25-4-1-7-32(25)8-2-5-25/h11-12,16H,1-5,7-10,14-15H2,(H,34,35)/t16-/m0/s1. The van der Waals surface area contributed by atoms with Crippen LogP contribution in [-0.2, 0) is 0 Å². The fraction of sp³-hybridized carbons (Fsp3) is 0.520. The zero-order valence-electron chi connectivity index (χ0n) is 19.7. The van der Waals surface area contributed by atoms with Gasteiger partial charge in [-0.25, -0.2) is 14.2 Å². The summed E-state index contributed by atoms with van der Waals surface area (Å²) in [5.41, 5.74) is 1.08. The Labute approximate surface area is 216 Å². The van der Waals surface area contributed by atoms with E-state index in [0.29, 0.717) is 23.2 Å². The van der Waals surface area contributed by atoms with Crippen LogP contribution in [0.3, 0.4) is 0 Å². The monoisotopic (exact) mass is 556 g/mol. The molecule has 0 saturated carbocycles. The van der Waals surface area contributed by atoms with Crippen molar-refractivity contribution in [2.75, 3.05) is 44.2 Å². The first-order valence-electron chi connectivity index (χ1n) is 12.1. The number of hydrogen-bond acceptors (Lipinski definition) is 7. The number of ether oxygens (including phenoxy) is 1. The quantitative estimate of drug-likeness (QED) is 0.585. The van der Waals surface area contributed by atoms with E-state index in [1.54, 1.807) is 6.07 Å². The summed E-state index contributed by atoms with van der Waals surface area (Å²) < 4.78 is 21.2. The average Bonchev–Trinajstić information content (AvgIpc) is 3.43. The molecule has 11 heteroatoms. The van der Waals surface area contributed by atoms with Gasteiger partial charge in [-0.2, -0.15) is 10.5 Å². The zero-order chi connectivity index (χ0) is 25.4. The van der Waals surface area contributed by atoms with Gasteiger partial charge in [-0.05, 0) is 66.8 Å². The van der Waals surface area contributed by atoms with Crippen molar-refractivity contribution in [2.24, 2.45) is 0 Å². The van der Waals surface area contributed by atoms with E-state index >= 15 is 0 Å². The van der Waals surface area contributed by atoms with Gasteiger partial charge < -0.3 is 19.6 Å². The summed E-state index contributed by atoms with van der Waals surface area (Å²) in [4.78, 5) is 21.9. The zero-order valence-corrected chi connectivity index (χ0v) is 21.3. The van der Waals surface area contributed by atoms with Crippen LogP contribution in [0.1, 0.15) is 37.7 Å². The summed E-state index contributed by atoms with van der Waals surface area (Å²) in [5, 5.41) is 29.5. The van der Waals surface area contributed by atoms with E-state index in [0.717, 1.165) is 38.8 Å². The molecule has 0 spiro atoms. The second kappa shape index (κ2) is 9.72. The Morgan fingerprint density at radius 1 is 1.25 bits per heavy atom. The number of rotatable bonds is 5. The molecule has 3 aliphatic rings. The lowest BCUT2D eigenvalue weighted by Crippen LogP contribution is -2.55. The summed E-state index contributed by atoms with van der Waals surface area (Å²) in [6.07, 6.45) is 3.23. The van der Waals surface area contributed by atoms with E-state index in [4.69, 9.17) is 4.74 Å². The van der Waals surface area contributed by atoms with Crippen LogP contribution < -0.4 is 9.64 Å². The van der Waals surface area contributed by atoms with E-state index in [-0.39, 0.29) is 47.5 Å². The number of pyridine rings is 1. The third kappa shape index (κ3) is 4.21. The van der Waals surface area contributed by atoms with Crippen molar-refractivity contribution >= 4 is 38.6 Å². The highest BCUT2D eigenvalue weighted by molar-refractivity contribution is 9.10. The van der Waals surface area contributed by atoms with Crippen LogP contribution in [0, 0.1) is 28.5 Å². The number of nitriles is 2. The summed E-state index contributed by atoms with van der Waals surface area (Å²) >= 11 is 3.23. The number of amides is 1. The summed E-state index contributed by atoms with van der Waals surface area (Å²) in [7, 11) is 0. The number of benzene rings is 1. The molecule has 1 N–H and O–H groups in total. The van der Waals surface area contributed by atoms with Crippen molar-refractivity contribution in [1.29, 1.82) is 10.5 Å². The molecule has 3 aliphatic heterocycles. The molecule has 1 amide bonds. The predicted octanol–water partition coefficient (Wildman–Crippen LogP) is 4.10. The van der Waals surface area contributed by atoms with Crippen LogP contribution in [-0.4, -0.2) is 76.9 Å². The SMILES string of the molecule is N#CC[C@H]1CN(c2c(C#N)c(OCC34CCCN3CCC4)nc3cc(Br)c(F)cc23)CCN1C(=O)O. The molecule has 3 fully saturated rings. The molecule has 0 bridgehead atoms. The van der Waals surface area contributed by atoms with Crippen LogP contribution in [0.15, 0.2) is 16.6 Å². The van der Waals surface area contributed by atoms with Gasteiger partial charge >= 0.3 is 6.09 Å². The van der Waals surface area contributed by atoms with Gasteiger partial charge in [0.2, 0.25) is 5.88 Å². The number of aromatic nitrogens is 1. The minimum Gasteiger partial charge on any atom is -0.475 e. The largest absolute Gasteiger partial charge is 0.475 e.